The number of hydrogen-bond donors (Lipinski definition) is 1. The zero-order valence-corrected chi connectivity index (χ0v) is 11.1. The first-order valence-electron chi connectivity index (χ1n) is 5.11. The van der Waals surface area contributed by atoms with Gasteiger partial charge in [-0.3, -0.25) is 4.98 Å². The van der Waals surface area contributed by atoms with Crippen molar-refractivity contribution < 1.29 is 4.74 Å². The lowest BCUT2D eigenvalue weighted by Crippen LogP contribution is -2.10. The quantitative estimate of drug-likeness (QED) is 0.876. The van der Waals surface area contributed by atoms with E-state index in [0.717, 1.165) is 5.69 Å². The smallest absolute Gasteiger partial charge is 0.220 e. The van der Waals surface area contributed by atoms with Gasteiger partial charge < -0.3 is 10.5 Å². The third-order valence-electron chi connectivity index (χ3n) is 2.12. The zero-order chi connectivity index (χ0) is 13.1. The minimum absolute atomic E-state index is 0.301. The van der Waals surface area contributed by atoms with Gasteiger partial charge in [0.1, 0.15) is 10.7 Å². The molecule has 0 saturated carbocycles. The van der Waals surface area contributed by atoms with E-state index in [-0.39, 0.29) is 0 Å². The Labute approximate surface area is 115 Å². The summed E-state index contributed by atoms with van der Waals surface area (Å²) in [6.45, 7) is 1.84. The molecule has 2 heterocycles. The molecular weight excluding hydrogens is 270 g/mol. The predicted molar refractivity (Wildman–Crippen MR) is 74.2 cm³/mol. The van der Waals surface area contributed by atoms with Crippen LogP contribution < -0.4 is 10.5 Å². The highest BCUT2D eigenvalue weighted by Gasteiger charge is 2.05. The van der Waals surface area contributed by atoms with Gasteiger partial charge in [0.15, 0.2) is 0 Å². The van der Waals surface area contributed by atoms with Gasteiger partial charge in [0, 0.05) is 29.6 Å². The molecule has 2 rings (SSSR count). The van der Waals surface area contributed by atoms with Gasteiger partial charge >= 0.3 is 0 Å². The normalized spacial score (nSPS) is 10.1. The van der Waals surface area contributed by atoms with Crippen LogP contribution in [0.25, 0.3) is 0 Å². The van der Waals surface area contributed by atoms with Gasteiger partial charge in [-0.25, -0.2) is 4.98 Å². The Balaban J connectivity index is 2.31. The van der Waals surface area contributed by atoms with Crippen molar-refractivity contribution in [1.29, 1.82) is 0 Å². The lowest BCUT2D eigenvalue weighted by molar-refractivity contribution is 0.459. The Morgan fingerprint density at radius 2 is 2.11 bits per heavy atom. The summed E-state index contributed by atoms with van der Waals surface area (Å²) in [6, 6.07) is 5.13. The minimum Gasteiger partial charge on any atom is -0.437 e. The predicted octanol–water partition coefficient (Wildman–Crippen LogP) is 2.86. The molecule has 0 radical (unpaired) electrons. The van der Waals surface area contributed by atoms with Gasteiger partial charge in [0.2, 0.25) is 5.88 Å². The summed E-state index contributed by atoms with van der Waals surface area (Å²) in [4.78, 5) is 8.46. The van der Waals surface area contributed by atoms with E-state index in [0.29, 0.717) is 27.2 Å². The SMILES string of the molecule is Cc1cc(C(N)=S)cc(Oc2cncc(Cl)c2)n1. The Kier molecular flexibility index (Phi) is 3.74. The average Bonchev–Trinajstić information content (AvgIpc) is 2.28. The van der Waals surface area contributed by atoms with Crippen LogP contribution in [0.4, 0.5) is 0 Å². The molecule has 0 aliphatic carbocycles. The molecule has 0 aromatic carbocycles. The maximum atomic E-state index is 5.82. The number of aryl methyl sites for hydroxylation is 1. The monoisotopic (exact) mass is 279 g/mol. The molecule has 2 aromatic rings. The molecule has 0 bridgehead atoms. The van der Waals surface area contributed by atoms with Crippen molar-refractivity contribution in [3.8, 4) is 11.6 Å². The lowest BCUT2D eigenvalue weighted by atomic mass is 10.2. The van der Waals surface area contributed by atoms with Gasteiger partial charge in [-0.1, -0.05) is 23.8 Å². The summed E-state index contributed by atoms with van der Waals surface area (Å²) in [6.07, 6.45) is 3.08. The second-order valence-electron chi connectivity index (χ2n) is 3.64. The molecule has 0 fully saturated rings. The Morgan fingerprint density at radius 3 is 2.78 bits per heavy atom. The lowest BCUT2D eigenvalue weighted by Gasteiger charge is -2.07. The first-order valence-corrected chi connectivity index (χ1v) is 5.90. The van der Waals surface area contributed by atoms with Crippen LogP contribution >= 0.6 is 23.8 Å². The molecule has 0 aliphatic heterocycles. The van der Waals surface area contributed by atoms with Crippen LogP contribution in [0, 0.1) is 6.92 Å². The van der Waals surface area contributed by atoms with Gasteiger partial charge in [0.25, 0.3) is 0 Å². The highest BCUT2D eigenvalue weighted by Crippen LogP contribution is 2.22. The molecule has 0 spiro atoms. The number of halogens is 1. The molecule has 0 aliphatic rings. The van der Waals surface area contributed by atoms with Crippen LogP contribution in [0.3, 0.4) is 0 Å². The Hall–Kier alpha value is -1.72. The number of nitrogens with zero attached hydrogens (tertiary/aromatic N) is 2. The average molecular weight is 280 g/mol. The maximum absolute atomic E-state index is 5.82. The van der Waals surface area contributed by atoms with E-state index in [1.54, 1.807) is 24.4 Å². The first kappa shape index (κ1) is 12.7. The van der Waals surface area contributed by atoms with Crippen LogP contribution in [0.1, 0.15) is 11.3 Å². The number of rotatable bonds is 3. The fourth-order valence-electron chi connectivity index (χ4n) is 1.40. The van der Waals surface area contributed by atoms with E-state index in [1.807, 2.05) is 6.92 Å². The van der Waals surface area contributed by atoms with Gasteiger partial charge in [-0.2, -0.15) is 0 Å². The number of ether oxygens (including phenoxy) is 1. The number of pyridine rings is 2. The molecule has 92 valence electrons. The third kappa shape index (κ3) is 3.15. The standard InChI is InChI=1S/C12H10ClN3OS/c1-7-2-8(12(14)18)3-11(16-7)17-10-4-9(13)5-15-6-10/h2-6H,1H3,(H2,14,18). The van der Waals surface area contributed by atoms with Crippen LogP contribution in [0.2, 0.25) is 5.02 Å². The Morgan fingerprint density at radius 1 is 1.33 bits per heavy atom. The maximum Gasteiger partial charge on any atom is 0.220 e. The van der Waals surface area contributed by atoms with E-state index >= 15 is 0 Å². The minimum atomic E-state index is 0.301. The summed E-state index contributed by atoms with van der Waals surface area (Å²) in [5.41, 5.74) is 7.06. The molecule has 6 heteroatoms. The van der Waals surface area contributed by atoms with Crippen molar-refractivity contribution in [2.24, 2.45) is 5.73 Å². The van der Waals surface area contributed by atoms with Crippen LogP contribution in [-0.2, 0) is 0 Å². The Bertz CT molecular complexity index is 604. The number of hydrogen-bond acceptors (Lipinski definition) is 4. The fraction of sp³-hybridized carbons (Fsp3) is 0.0833. The molecule has 4 nitrogen and oxygen atoms in total. The largest absolute Gasteiger partial charge is 0.437 e. The van der Waals surface area contributed by atoms with E-state index < -0.39 is 0 Å². The number of thiocarbonyl (C=S) groups is 1. The molecule has 18 heavy (non-hydrogen) atoms. The molecule has 2 N–H and O–H groups in total. The molecule has 0 saturated heterocycles. The summed E-state index contributed by atoms with van der Waals surface area (Å²) in [5.74, 6) is 0.913. The summed E-state index contributed by atoms with van der Waals surface area (Å²) in [5, 5.41) is 0.495. The number of aromatic nitrogens is 2. The summed E-state index contributed by atoms with van der Waals surface area (Å²) in [7, 11) is 0. The summed E-state index contributed by atoms with van der Waals surface area (Å²) < 4.78 is 5.56. The van der Waals surface area contributed by atoms with Gasteiger partial charge in [-0.05, 0) is 13.0 Å². The van der Waals surface area contributed by atoms with Crippen molar-refractivity contribution in [3.63, 3.8) is 0 Å². The van der Waals surface area contributed by atoms with Gasteiger partial charge in [0.05, 0.1) is 11.2 Å². The molecule has 0 unspecified atom stereocenters. The summed E-state index contributed by atoms with van der Waals surface area (Å²) >= 11 is 10.7. The third-order valence-corrected chi connectivity index (χ3v) is 2.56. The van der Waals surface area contributed by atoms with E-state index in [4.69, 9.17) is 34.3 Å². The number of nitrogens with two attached hydrogens (primary N) is 1. The van der Waals surface area contributed by atoms with Crippen molar-refractivity contribution >= 4 is 28.8 Å². The fourth-order valence-corrected chi connectivity index (χ4v) is 1.68. The molecule has 0 amide bonds. The zero-order valence-electron chi connectivity index (χ0n) is 9.55. The van der Waals surface area contributed by atoms with E-state index in [9.17, 15) is 0 Å². The van der Waals surface area contributed by atoms with Crippen molar-refractivity contribution in [2.45, 2.75) is 6.92 Å². The topological polar surface area (TPSA) is 61.0 Å². The van der Waals surface area contributed by atoms with Crippen molar-refractivity contribution in [3.05, 3.63) is 46.9 Å². The van der Waals surface area contributed by atoms with Crippen LogP contribution in [-0.4, -0.2) is 15.0 Å². The second kappa shape index (κ2) is 5.29. The van der Waals surface area contributed by atoms with Gasteiger partial charge in [-0.15, -0.1) is 0 Å². The molecule has 2 aromatic heterocycles. The highest BCUT2D eigenvalue weighted by atomic mass is 35.5. The first-order chi connectivity index (χ1) is 8.54. The van der Waals surface area contributed by atoms with E-state index in [2.05, 4.69) is 9.97 Å². The van der Waals surface area contributed by atoms with E-state index in [1.165, 1.54) is 6.20 Å². The van der Waals surface area contributed by atoms with Crippen molar-refractivity contribution in [2.75, 3.05) is 0 Å². The highest BCUT2D eigenvalue weighted by molar-refractivity contribution is 7.80. The molecule has 0 atom stereocenters. The molecular formula is C12H10ClN3OS. The second-order valence-corrected chi connectivity index (χ2v) is 4.52. The van der Waals surface area contributed by atoms with Crippen molar-refractivity contribution in [1.82, 2.24) is 9.97 Å². The van der Waals surface area contributed by atoms with Crippen LogP contribution in [0.5, 0.6) is 11.6 Å². The van der Waals surface area contributed by atoms with Crippen LogP contribution in [0.15, 0.2) is 30.6 Å².